The largest absolute Gasteiger partial charge is 0.367 e. The van der Waals surface area contributed by atoms with Crippen LogP contribution in [0, 0.1) is 6.92 Å². The van der Waals surface area contributed by atoms with Crippen LogP contribution >= 0.6 is 0 Å². The summed E-state index contributed by atoms with van der Waals surface area (Å²) in [4.78, 5) is 37.6. The molecular weight excluding hydrogens is 332 g/mol. The Balaban J connectivity index is 1.58. The summed E-state index contributed by atoms with van der Waals surface area (Å²) in [6, 6.07) is 10.7. The number of carbonyl (C=O) groups is 1. The molecule has 7 nitrogen and oxygen atoms in total. The molecule has 0 bridgehead atoms. The molecular formula is C19H18N4O3. The Hall–Kier alpha value is -3.06. The van der Waals surface area contributed by atoms with Gasteiger partial charge in [0.15, 0.2) is 0 Å². The fraction of sp³-hybridized carbons (Fsp3) is 0.263. The molecule has 1 N–H and O–H groups in total. The number of rotatable bonds is 2. The van der Waals surface area contributed by atoms with Crippen molar-refractivity contribution >= 4 is 16.8 Å². The van der Waals surface area contributed by atoms with Crippen LogP contribution in [0.15, 0.2) is 47.4 Å². The minimum atomic E-state index is -0.442. The molecule has 1 fully saturated rings. The summed E-state index contributed by atoms with van der Waals surface area (Å²) < 4.78 is 5.72. The Bertz CT molecular complexity index is 1030. The number of hydrogen-bond donors (Lipinski definition) is 1. The number of fused-ring (bicyclic) bond motifs is 1. The maximum absolute atomic E-state index is 12.9. The standard InChI is InChI=1S/C19H18N4O3/c1-12-9-17(24)22-18(21-12)16-11-23(7-8-26-16)19(25)14-4-5-15-13(10-14)3-2-6-20-15/h2-6,9-10,16H,7-8,11H2,1H3,(H,21,22,24)/t16-/m1/s1. The second-order valence-corrected chi connectivity index (χ2v) is 6.29. The average molecular weight is 350 g/mol. The summed E-state index contributed by atoms with van der Waals surface area (Å²) in [5, 5.41) is 0.924. The highest BCUT2D eigenvalue weighted by Gasteiger charge is 2.27. The molecule has 132 valence electrons. The fourth-order valence-electron chi connectivity index (χ4n) is 3.15. The van der Waals surface area contributed by atoms with Gasteiger partial charge in [0.05, 0.1) is 18.7 Å². The number of carbonyl (C=O) groups excluding carboxylic acids is 1. The Morgan fingerprint density at radius 3 is 3.04 bits per heavy atom. The highest BCUT2D eigenvalue weighted by Crippen LogP contribution is 2.21. The molecule has 0 aliphatic carbocycles. The van der Waals surface area contributed by atoms with Gasteiger partial charge in [-0.15, -0.1) is 0 Å². The molecule has 26 heavy (non-hydrogen) atoms. The van der Waals surface area contributed by atoms with Crippen molar-refractivity contribution in [1.82, 2.24) is 19.9 Å². The van der Waals surface area contributed by atoms with Crippen molar-refractivity contribution in [2.45, 2.75) is 13.0 Å². The molecule has 3 heterocycles. The Morgan fingerprint density at radius 2 is 2.19 bits per heavy atom. The summed E-state index contributed by atoms with van der Waals surface area (Å²) in [6.07, 6.45) is 1.29. The predicted octanol–water partition coefficient (Wildman–Crippen LogP) is 1.84. The van der Waals surface area contributed by atoms with Gasteiger partial charge in [-0.05, 0) is 31.2 Å². The van der Waals surface area contributed by atoms with Crippen LogP contribution in [0.3, 0.4) is 0 Å². The van der Waals surface area contributed by atoms with Gasteiger partial charge in [0.1, 0.15) is 11.9 Å². The molecule has 3 aromatic rings. The number of nitrogens with one attached hydrogen (secondary N) is 1. The second kappa shape index (κ2) is 6.68. The van der Waals surface area contributed by atoms with E-state index in [1.165, 1.54) is 6.07 Å². The van der Waals surface area contributed by atoms with Crippen LogP contribution in [0.1, 0.15) is 28.0 Å². The van der Waals surface area contributed by atoms with Gasteiger partial charge in [0.25, 0.3) is 11.5 Å². The number of hydrogen-bond acceptors (Lipinski definition) is 5. The number of benzene rings is 1. The lowest BCUT2D eigenvalue weighted by atomic mass is 10.1. The molecule has 1 atom stereocenters. The van der Waals surface area contributed by atoms with Crippen LogP contribution in [-0.2, 0) is 4.74 Å². The summed E-state index contributed by atoms with van der Waals surface area (Å²) in [6.45, 7) is 2.99. The smallest absolute Gasteiger partial charge is 0.254 e. The number of pyridine rings is 1. The van der Waals surface area contributed by atoms with Crippen LogP contribution in [0.25, 0.3) is 10.9 Å². The summed E-state index contributed by atoms with van der Waals surface area (Å²) in [5.74, 6) is 0.384. The van der Waals surface area contributed by atoms with E-state index in [1.807, 2.05) is 24.3 Å². The molecule has 4 rings (SSSR count). The molecule has 1 aromatic carbocycles. The fourth-order valence-corrected chi connectivity index (χ4v) is 3.15. The molecule has 7 heteroatoms. The summed E-state index contributed by atoms with van der Waals surface area (Å²) in [5.41, 5.74) is 1.86. The van der Waals surface area contributed by atoms with E-state index < -0.39 is 6.10 Å². The van der Waals surface area contributed by atoms with Crippen molar-refractivity contribution in [2.24, 2.45) is 0 Å². The Labute approximate surface area is 149 Å². The van der Waals surface area contributed by atoms with Crippen molar-refractivity contribution < 1.29 is 9.53 Å². The lowest BCUT2D eigenvalue weighted by molar-refractivity contribution is -0.0269. The van der Waals surface area contributed by atoms with E-state index in [0.29, 0.717) is 36.8 Å². The Kier molecular flexibility index (Phi) is 4.22. The van der Waals surface area contributed by atoms with E-state index in [2.05, 4.69) is 15.0 Å². The minimum Gasteiger partial charge on any atom is -0.367 e. The van der Waals surface area contributed by atoms with Gasteiger partial charge in [-0.1, -0.05) is 6.07 Å². The molecule has 0 unspecified atom stereocenters. The number of morpholine rings is 1. The lowest BCUT2D eigenvalue weighted by Crippen LogP contribution is -2.43. The maximum atomic E-state index is 12.9. The minimum absolute atomic E-state index is 0.0703. The van der Waals surface area contributed by atoms with E-state index in [0.717, 1.165) is 10.9 Å². The number of amides is 1. The van der Waals surface area contributed by atoms with Crippen molar-refractivity contribution in [3.8, 4) is 0 Å². The van der Waals surface area contributed by atoms with E-state index in [4.69, 9.17) is 4.74 Å². The summed E-state index contributed by atoms with van der Waals surface area (Å²) in [7, 11) is 0. The molecule has 1 aliphatic heterocycles. The molecule has 2 aromatic heterocycles. The molecule has 0 spiro atoms. The maximum Gasteiger partial charge on any atom is 0.254 e. The first kappa shape index (κ1) is 16.4. The number of aryl methyl sites for hydroxylation is 1. The number of H-pyrrole nitrogens is 1. The third-order valence-electron chi connectivity index (χ3n) is 4.40. The van der Waals surface area contributed by atoms with E-state index >= 15 is 0 Å². The van der Waals surface area contributed by atoms with Gasteiger partial charge in [-0.3, -0.25) is 14.6 Å². The number of nitrogens with zero attached hydrogens (tertiary/aromatic N) is 3. The summed E-state index contributed by atoms with van der Waals surface area (Å²) >= 11 is 0. The van der Waals surface area contributed by atoms with Crippen LogP contribution in [0.5, 0.6) is 0 Å². The van der Waals surface area contributed by atoms with E-state index in [-0.39, 0.29) is 11.5 Å². The van der Waals surface area contributed by atoms with Crippen LogP contribution in [-0.4, -0.2) is 45.5 Å². The third-order valence-corrected chi connectivity index (χ3v) is 4.40. The van der Waals surface area contributed by atoms with Crippen molar-refractivity contribution in [3.05, 3.63) is 70.0 Å². The SMILES string of the molecule is Cc1cc(=O)[nH]c([C@H]2CN(C(=O)c3ccc4ncccc4c3)CCO2)n1. The topological polar surface area (TPSA) is 88.2 Å². The van der Waals surface area contributed by atoms with Gasteiger partial charge in [0, 0.05) is 35.5 Å². The second-order valence-electron chi connectivity index (χ2n) is 6.29. The van der Waals surface area contributed by atoms with Crippen LogP contribution < -0.4 is 5.56 Å². The van der Waals surface area contributed by atoms with Crippen molar-refractivity contribution in [2.75, 3.05) is 19.7 Å². The van der Waals surface area contributed by atoms with Crippen LogP contribution in [0.2, 0.25) is 0 Å². The van der Waals surface area contributed by atoms with Gasteiger partial charge in [-0.25, -0.2) is 4.98 Å². The quantitative estimate of drug-likeness (QED) is 0.762. The zero-order chi connectivity index (χ0) is 18.1. The van der Waals surface area contributed by atoms with Crippen molar-refractivity contribution in [3.63, 3.8) is 0 Å². The first-order valence-corrected chi connectivity index (χ1v) is 8.44. The zero-order valence-electron chi connectivity index (χ0n) is 14.3. The third kappa shape index (κ3) is 3.21. The van der Waals surface area contributed by atoms with Gasteiger partial charge in [0.2, 0.25) is 0 Å². The number of aromatic amines is 1. The first-order chi connectivity index (χ1) is 12.6. The van der Waals surface area contributed by atoms with E-state index in [9.17, 15) is 9.59 Å². The zero-order valence-corrected chi connectivity index (χ0v) is 14.3. The molecule has 0 radical (unpaired) electrons. The first-order valence-electron chi connectivity index (χ1n) is 8.44. The van der Waals surface area contributed by atoms with Crippen molar-refractivity contribution in [1.29, 1.82) is 0 Å². The monoisotopic (exact) mass is 350 g/mol. The van der Waals surface area contributed by atoms with Crippen LogP contribution in [0.4, 0.5) is 0 Å². The average Bonchev–Trinajstić information content (AvgIpc) is 2.66. The van der Waals surface area contributed by atoms with Gasteiger partial charge >= 0.3 is 0 Å². The normalized spacial score (nSPS) is 17.4. The molecule has 1 aliphatic rings. The Morgan fingerprint density at radius 1 is 1.31 bits per heavy atom. The molecule has 1 saturated heterocycles. The van der Waals surface area contributed by atoms with Gasteiger partial charge in [-0.2, -0.15) is 0 Å². The van der Waals surface area contributed by atoms with E-state index in [1.54, 1.807) is 24.1 Å². The molecule has 1 amide bonds. The lowest BCUT2D eigenvalue weighted by Gasteiger charge is -2.32. The molecule has 0 saturated carbocycles. The highest BCUT2D eigenvalue weighted by atomic mass is 16.5. The highest BCUT2D eigenvalue weighted by molar-refractivity contribution is 5.98. The van der Waals surface area contributed by atoms with Gasteiger partial charge < -0.3 is 14.6 Å². The number of aromatic nitrogens is 3. The predicted molar refractivity (Wildman–Crippen MR) is 95.9 cm³/mol. The number of ether oxygens (including phenoxy) is 1.